The van der Waals surface area contributed by atoms with Gasteiger partial charge in [-0.3, -0.25) is 19.7 Å². The summed E-state index contributed by atoms with van der Waals surface area (Å²) in [6, 6.07) is 12.0. The first-order chi connectivity index (χ1) is 14.3. The van der Waals surface area contributed by atoms with Crippen LogP contribution in [-0.4, -0.2) is 26.7 Å². The van der Waals surface area contributed by atoms with Gasteiger partial charge >= 0.3 is 0 Å². The Morgan fingerprint density at radius 1 is 0.833 bits per heavy atom. The fourth-order valence-corrected chi connectivity index (χ4v) is 3.70. The van der Waals surface area contributed by atoms with Gasteiger partial charge in [0.05, 0.1) is 27.3 Å². The number of anilines is 2. The zero-order valence-corrected chi connectivity index (χ0v) is 15.8. The maximum atomic E-state index is 13.3. The third-order valence-corrected chi connectivity index (χ3v) is 5.12. The molecular formula is C22H16N2O6. The summed E-state index contributed by atoms with van der Waals surface area (Å²) in [5.41, 5.74) is -0.157. The number of carbonyl (C=O) groups is 2. The Kier molecular flexibility index (Phi) is 4.46. The Morgan fingerprint density at radius 3 is 2.10 bits per heavy atom. The van der Waals surface area contributed by atoms with Gasteiger partial charge in [0, 0.05) is 11.8 Å². The number of carbonyl (C=O) groups excluding carboxylic acids is 2. The van der Waals surface area contributed by atoms with Crippen molar-refractivity contribution in [3.05, 3.63) is 86.5 Å². The first-order valence-electron chi connectivity index (χ1n) is 9.15. The number of aromatic hydroxyl groups is 2. The number of benzene rings is 3. The third-order valence-electron chi connectivity index (χ3n) is 5.12. The number of phenols is 2. The molecule has 0 saturated heterocycles. The molecule has 0 unspecified atom stereocenters. The van der Waals surface area contributed by atoms with Gasteiger partial charge in [-0.25, -0.2) is 0 Å². The molecule has 0 bridgehead atoms. The minimum absolute atomic E-state index is 0.174. The summed E-state index contributed by atoms with van der Waals surface area (Å²) >= 11 is 0. The zero-order chi connectivity index (χ0) is 21.6. The molecule has 1 aliphatic carbocycles. The number of hydrogen-bond donors (Lipinski definition) is 3. The topological polar surface area (TPSA) is 130 Å². The van der Waals surface area contributed by atoms with E-state index in [0.717, 1.165) is 17.7 Å². The number of nitro groups is 1. The Bertz CT molecular complexity index is 1250. The number of nitrogens with zero attached hydrogens (tertiary/aromatic N) is 1. The van der Waals surface area contributed by atoms with Gasteiger partial charge in [-0.15, -0.1) is 0 Å². The average Bonchev–Trinajstić information content (AvgIpc) is 2.73. The molecule has 0 fully saturated rings. The molecule has 3 aromatic rings. The van der Waals surface area contributed by atoms with Crippen LogP contribution in [0, 0.1) is 10.1 Å². The number of aryl methyl sites for hydroxylation is 1. The summed E-state index contributed by atoms with van der Waals surface area (Å²) in [6.45, 7) is 1.96. The molecule has 30 heavy (non-hydrogen) atoms. The molecule has 8 heteroatoms. The van der Waals surface area contributed by atoms with Crippen LogP contribution < -0.4 is 5.32 Å². The van der Waals surface area contributed by atoms with Crippen LogP contribution >= 0.6 is 0 Å². The monoisotopic (exact) mass is 404 g/mol. The van der Waals surface area contributed by atoms with Gasteiger partial charge in [0.25, 0.3) is 5.69 Å². The first kappa shape index (κ1) is 19.1. The minimum Gasteiger partial charge on any atom is -0.507 e. The van der Waals surface area contributed by atoms with Crippen molar-refractivity contribution in [3.63, 3.8) is 0 Å². The van der Waals surface area contributed by atoms with Crippen molar-refractivity contribution in [2.45, 2.75) is 13.3 Å². The lowest BCUT2D eigenvalue weighted by atomic mass is 9.81. The van der Waals surface area contributed by atoms with E-state index >= 15 is 0 Å². The van der Waals surface area contributed by atoms with Crippen LogP contribution in [0.4, 0.5) is 17.1 Å². The molecule has 0 aliphatic heterocycles. The largest absolute Gasteiger partial charge is 0.507 e. The highest BCUT2D eigenvalue weighted by Crippen LogP contribution is 2.43. The number of nitrogens with one attached hydrogen (secondary N) is 1. The van der Waals surface area contributed by atoms with E-state index in [0.29, 0.717) is 12.1 Å². The quantitative estimate of drug-likeness (QED) is 0.265. The van der Waals surface area contributed by atoms with E-state index in [1.165, 1.54) is 12.1 Å². The summed E-state index contributed by atoms with van der Waals surface area (Å²) in [7, 11) is 0. The first-order valence-corrected chi connectivity index (χ1v) is 9.15. The van der Waals surface area contributed by atoms with Gasteiger partial charge in [-0.2, -0.15) is 0 Å². The molecule has 1 aliphatic rings. The molecule has 0 radical (unpaired) electrons. The number of nitro benzene ring substituents is 1. The molecule has 3 aromatic carbocycles. The Morgan fingerprint density at radius 2 is 1.43 bits per heavy atom. The predicted octanol–water partition coefficient (Wildman–Crippen LogP) is 4.09. The van der Waals surface area contributed by atoms with Crippen molar-refractivity contribution >= 4 is 28.6 Å². The maximum Gasteiger partial charge on any atom is 0.281 e. The highest BCUT2D eigenvalue weighted by atomic mass is 16.6. The molecule has 150 valence electrons. The van der Waals surface area contributed by atoms with Crippen LogP contribution in [0.1, 0.15) is 44.3 Å². The van der Waals surface area contributed by atoms with Gasteiger partial charge in [-0.05, 0) is 36.2 Å². The highest BCUT2D eigenvalue weighted by Gasteiger charge is 2.40. The second kappa shape index (κ2) is 7.00. The zero-order valence-electron chi connectivity index (χ0n) is 15.8. The SMILES string of the molecule is CCc1ccccc1Nc1ccc(O)c2c1C(=O)c1c([N+](=O)[O-])ccc(O)c1C2=O. The van der Waals surface area contributed by atoms with E-state index in [1.54, 1.807) is 12.1 Å². The van der Waals surface area contributed by atoms with Crippen LogP contribution in [0.5, 0.6) is 11.5 Å². The van der Waals surface area contributed by atoms with Gasteiger partial charge < -0.3 is 15.5 Å². The van der Waals surface area contributed by atoms with E-state index in [-0.39, 0.29) is 16.8 Å². The number of phenolic OH excluding ortho intramolecular Hbond substituents is 2. The highest BCUT2D eigenvalue weighted by molar-refractivity contribution is 6.33. The lowest BCUT2D eigenvalue weighted by molar-refractivity contribution is -0.385. The molecule has 0 atom stereocenters. The van der Waals surface area contributed by atoms with Crippen LogP contribution in [0.15, 0.2) is 48.5 Å². The summed E-state index contributed by atoms with van der Waals surface area (Å²) in [4.78, 5) is 37.1. The van der Waals surface area contributed by atoms with Crippen molar-refractivity contribution in [2.24, 2.45) is 0 Å². The number of fused-ring (bicyclic) bond motifs is 2. The van der Waals surface area contributed by atoms with Crippen molar-refractivity contribution in [1.82, 2.24) is 0 Å². The summed E-state index contributed by atoms with van der Waals surface area (Å²) in [6.07, 6.45) is 0.707. The van der Waals surface area contributed by atoms with Gasteiger partial charge in [0.1, 0.15) is 17.1 Å². The second-order valence-corrected chi connectivity index (χ2v) is 6.79. The number of hydrogen-bond acceptors (Lipinski definition) is 7. The minimum atomic E-state index is -0.856. The number of rotatable bonds is 4. The van der Waals surface area contributed by atoms with Crippen molar-refractivity contribution < 1.29 is 24.7 Å². The Hall–Kier alpha value is -4.20. The second-order valence-electron chi connectivity index (χ2n) is 6.79. The fraction of sp³-hybridized carbons (Fsp3) is 0.0909. The van der Waals surface area contributed by atoms with Gasteiger partial charge in [-0.1, -0.05) is 25.1 Å². The third kappa shape index (κ3) is 2.77. The van der Waals surface area contributed by atoms with Crippen LogP contribution in [0.2, 0.25) is 0 Å². The Labute approximate surface area is 170 Å². The molecule has 0 spiro atoms. The van der Waals surface area contributed by atoms with Crippen molar-refractivity contribution in [3.8, 4) is 11.5 Å². The molecule has 4 rings (SSSR count). The normalized spacial score (nSPS) is 12.3. The smallest absolute Gasteiger partial charge is 0.281 e. The molecule has 8 nitrogen and oxygen atoms in total. The van der Waals surface area contributed by atoms with E-state index < -0.39 is 44.8 Å². The summed E-state index contributed by atoms with van der Waals surface area (Å²) < 4.78 is 0. The number of ketones is 2. The number of para-hydroxylation sites is 1. The standard InChI is InChI=1S/C22H16N2O6/c1-2-11-5-3-4-6-12(11)23-13-7-9-15(25)19-17(13)21(27)18-14(24(29)30)8-10-16(26)20(18)22(19)28/h3-10,23,25-26H,2H2,1H3. The van der Waals surface area contributed by atoms with E-state index in [4.69, 9.17) is 0 Å². The van der Waals surface area contributed by atoms with Crippen LogP contribution in [0.25, 0.3) is 0 Å². The van der Waals surface area contributed by atoms with Crippen molar-refractivity contribution in [2.75, 3.05) is 5.32 Å². The molecular weight excluding hydrogens is 388 g/mol. The summed E-state index contributed by atoms with van der Waals surface area (Å²) in [5.74, 6) is -2.69. The molecule has 0 saturated carbocycles. The summed E-state index contributed by atoms with van der Waals surface area (Å²) in [5, 5.41) is 35.0. The lowest BCUT2D eigenvalue weighted by Crippen LogP contribution is -2.24. The molecule has 0 aromatic heterocycles. The van der Waals surface area contributed by atoms with E-state index in [9.17, 15) is 29.9 Å². The van der Waals surface area contributed by atoms with E-state index in [2.05, 4.69) is 5.32 Å². The maximum absolute atomic E-state index is 13.3. The van der Waals surface area contributed by atoms with E-state index in [1.807, 2.05) is 19.1 Å². The molecule has 3 N–H and O–H groups in total. The van der Waals surface area contributed by atoms with Crippen molar-refractivity contribution in [1.29, 1.82) is 0 Å². The molecule has 0 heterocycles. The van der Waals surface area contributed by atoms with Crippen LogP contribution in [0.3, 0.4) is 0 Å². The van der Waals surface area contributed by atoms with Gasteiger partial charge in [0.15, 0.2) is 0 Å². The van der Waals surface area contributed by atoms with Gasteiger partial charge in [0.2, 0.25) is 11.6 Å². The molecule has 0 amide bonds. The van der Waals surface area contributed by atoms with Crippen LogP contribution in [-0.2, 0) is 6.42 Å². The average molecular weight is 404 g/mol. The Balaban J connectivity index is 1.97. The lowest BCUT2D eigenvalue weighted by Gasteiger charge is -2.22. The predicted molar refractivity (Wildman–Crippen MR) is 109 cm³/mol. The fourth-order valence-electron chi connectivity index (χ4n) is 3.70.